The largest absolute Gasteiger partial charge is 0.497 e. The van der Waals surface area contributed by atoms with Crippen LogP contribution < -0.4 is 10.5 Å². The monoisotopic (exact) mass is 409 g/mol. The summed E-state index contributed by atoms with van der Waals surface area (Å²) in [5.41, 5.74) is 7.96. The molecule has 0 saturated heterocycles. The van der Waals surface area contributed by atoms with Gasteiger partial charge < -0.3 is 20.3 Å². The Balaban J connectivity index is 0.000000806. The number of rotatable bonds is 4. The van der Waals surface area contributed by atoms with Crippen LogP contribution in [0.5, 0.6) is 5.75 Å². The molecule has 0 amide bonds. The number of carbonyl (C=O) groups is 1. The van der Waals surface area contributed by atoms with E-state index >= 15 is 0 Å². The molecule has 0 spiro atoms. The van der Waals surface area contributed by atoms with Crippen molar-refractivity contribution in [2.45, 2.75) is 5.54 Å². The van der Waals surface area contributed by atoms with E-state index in [4.69, 9.17) is 25.1 Å². The van der Waals surface area contributed by atoms with Gasteiger partial charge in [0.1, 0.15) is 12.4 Å². The van der Waals surface area contributed by atoms with E-state index in [2.05, 4.69) is 9.98 Å². The van der Waals surface area contributed by atoms with Gasteiger partial charge in [0.2, 0.25) is 5.95 Å². The molecule has 0 fully saturated rings. The van der Waals surface area contributed by atoms with Gasteiger partial charge in [-0.3, -0.25) is 4.79 Å². The van der Waals surface area contributed by atoms with Crippen LogP contribution in [0.25, 0.3) is 11.1 Å². The van der Waals surface area contributed by atoms with Gasteiger partial charge in [-0.05, 0) is 47.0 Å². The van der Waals surface area contributed by atoms with E-state index in [0.29, 0.717) is 11.1 Å². The molecule has 1 unspecified atom stereocenters. The number of pyridine rings is 1. The van der Waals surface area contributed by atoms with Crippen molar-refractivity contribution in [2.75, 3.05) is 13.7 Å². The molecule has 3 aromatic rings. The second-order valence-corrected chi connectivity index (χ2v) is 6.36. The number of amidine groups is 1. The zero-order valence-corrected chi connectivity index (χ0v) is 16.2. The molecule has 1 aliphatic heterocycles. The number of methoxy groups -OCH3 is 1. The second kappa shape index (κ2) is 9.04. The summed E-state index contributed by atoms with van der Waals surface area (Å²) in [6.45, 7) is 0.0180. The smallest absolute Gasteiger partial charge is 0.290 e. The third-order valence-corrected chi connectivity index (χ3v) is 4.71. The molecule has 2 heterocycles. The number of benzene rings is 2. The highest BCUT2D eigenvalue weighted by atomic mass is 19.1. The van der Waals surface area contributed by atoms with E-state index in [1.165, 1.54) is 6.20 Å². The highest BCUT2D eigenvalue weighted by Crippen LogP contribution is 2.39. The molecule has 1 atom stereocenters. The molecule has 3 N–H and O–H groups in total. The van der Waals surface area contributed by atoms with E-state index < -0.39 is 11.5 Å². The predicted molar refractivity (Wildman–Crippen MR) is 110 cm³/mol. The molecule has 8 heteroatoms. The number of hydrogen-bond acceptors (Lipinski definition) is 6. The molecule has 4 rings (SSSR count). The Morgan fingerprint density at radius 1 is 1.17 bits per heavy atom. The summed E-state index contributed by atoms with van der Waals surface area (Å²) in [4.78, 5) is 16.7. The number of hydrogen-bond donors (Lipinski definition) is 2. The molecule has 154 valence electrons. The Morgan fingerprint density at radius 3 is 2.50 bits per heavy atom. The van der Waals surface area contributed by atoms with Crippen LogP contribution in [-0.4, -0.2) is 36.3 Å². The SMILES string of the molecule is COc1ccc(C2(c3cccc(-c4cccnc4F)c3)COC(N)=N2)cc1.O=CO. The van der Waals surface area contributed by atoms with Crippen molar-refractivity contribution in [3.05, 3.63) is 83.9 Å². The zero-order valence-electron chi connectivity index (χ0n) is 16.2. The first-order valence-electron chi connectivity index (χ1n) is 8.96. The Bertz CT molecular complexity index is 1060. The summed E-state index contributed by atoms with van der Waals surface area (Å²) in [5.74, 6) is 0.231. The number of nitrogens with zero attached hydrogens (tertiary/aromatic N) is 2. The summed E-state index contributed by atoms with van der Waals surface area (Å²) >= 11 is 0. The third-order valence-electron chi connectivity index (χ3n) is 4.71. The lowest BCUT2D eigenvalue weighted by atomic mass is 9.83. The lowest BCUT2D eigenvalue weighted by molar-refractivity contribution is -0.122. The molecule has 0 aliphatic carbocycles. The standard InChI is InChI=1S/C21H18FN3O2.CH2O2/c1-26-17-9-7-15(8-10-17)21(13-27-20(23)25-21)16-5-2-4-14(12-16)18-6-3-11-24-19(18)22;2-1-3/h2-12H,13H2,1H3,(H2,23,25);1H,(H,2,3). The maximum absolute atomic E-state index is 14.2. The van der Waals surface area contributed by atoms with Crippen molar-refractivity contribution >= 4 is 12.5 Å². The molecule has 7 nitrogen and oxygen atoms in total. The van der Waals surface area contributed by atoms with Crippen molar-refractivity contribution < 1.29 is 23.8 Å². The minimum atomic E-state index is -0.801. The van der Waals surface area contributed by atoms with Gasteiger partial charge in [0.25, 0.3) is 12.5 Å². The number of carboxylic acid groups (broad SMARTS) is 1. The zero-order chi connectivity index (χ0) is 21.6. The van der Waals surface area contributed by atoms with E-state index in [1.54, 1.807) is 19.2 Å². The van der Waals surface area contributed by atoms with Crippen LogP contribution in [0.1, 0.15) is 11.1 Å². The molecule has 1 aliphatic rings. The van der Waals surface area contributed by atoms with E-state index in [0.717, 1.165) is 16.9 Å². The fourth-order valence-corrected chi connectivity index (χ4v) is 3.31. The summed E-state index contributed by atoms with van der Waals surface area (Å²) in [5, 5.41) is 6.89. The summed E-state index contributed by atoms with van der Waals surface area (Å²) < 4.78 is 24.9. The van der Waals surface area contributed by atoms with Gasteiger partial charge in [0.15, 0.2) is 5.54 Å². The Morgan fingerprint density at radius 2 is 1.90 bits per heavy atom. The van der Waals surface area contributed by atoms with Gasteiger partial charge in [0, 0.05) is 11.8 Å². The number of nitrogens with two attached hydrogens (primary N) is 1. The summed E-state index contributed by atoms with van der Waals surface area (Å²) in [6, 6.07) is 18.7. The normalized spacial score (nSPS) is 17.2. The molecule has 30 heavy (non-hydrogen) atoms. The van der Waals surface area contributed by atoms with Crippen molar-refractivity contribution in [3.63, 3.8) is 0 Å². The maximum Gasteiger partial charge on any atom is 0.290 e. The quantitative estimate of drug-likeness (QED) is 0.506. The van der Waals surface area contributed by atoms with Gasteiger partial charge >= 0.3 is 0 Å². The highest BCUT2D eigenvalue weighted by Gasteiger charge is 2.40. The van der Waals surface area contributed by atoms with Crippen LogP contribution in [0.2, 0.25) is 0 Å². The Hall–Kier alpha value is -3.94. The van der Waals surface area contributed by atoms with Crippen LogP contribution in [0.3, 0.4) is 0 Å². The lowest BCUT2D eigenvalue weighted by Crippen LogP contribution is -2.27. The number of ether oxygens (including phenoxy) is 2. The first kappa shape index (κ1) is 20.8. The van der Waals surface area contributed by atoms with Crippen LogP contribution >= 0.6 is 0 Å². The molecule has 0 bridgehead atoms. The van der Waals surface area contributed by atoms with Gasteiger partial charge in [-0.2, -0.15) is 4.39 Å². The van der Waals surface area contributed by atoms with Crippen LogP contribution in [0.15, 0.2) is 71.9 Å². The second-order valence-electron chi connectivity index (χ2n) is 6.36. The average molecular weight is 409 g/mol. The first-order chi connectivity index (χ1) is 14.5. The van der Waals surface area contributed by atoms with Crippen LogP contribution in [0.4, 0.5) is 4.39 Å². The molecule has 1 aromatic heterocycles. The van der Waals surface area contributed by atoms with Gasteiger partial charge in [-0.25, -0.2) is 9.98 Å². The predicted octanol–water partition coefficient (Wildman–Crippen LogP) is 3.19. The molecule has 0 saturated carbocycles. The highest BCUT2D eigenvalue weighted by molar-refractivity contribution is 5.75. The van der Waals surface area contributed by atoms with E-state index in [1.807, 2.05) is 48.5 Å². The average Bonchev–Trinajstić information content (AvgIpc) is 3.18. The van der Waals surface area contributed by atoms with Crippen molar-refractivity contribution in [2.24, 2.45) is 10.7 Å². The fraction of sp³-hybridized carbons (Fsp3) is 0.136. The minimum absolute atomic E-state index is 0.128. The number of aliphatic imine (C=N–C) groups is 1. The number of halogens is 1. The maximum atomic E-state index is 14.2. The van der Waals surface area contributed by atoms with Crippen LogP contribution in [-0.2, 0) is 15.1 Å². The van der Waals surface area contributed by atoms with Gasteiger partial charge in [-0.1, -0.05) is 30.3 Å². The first-order valence-corrected chi connectivity index (χ1v) is 8.96. The number of aromatic nitrogens is 1. The van der Waals surface area contributed by atoms with Crippen molar-refractivity contribution in [3.8, 4) is 16.9 Å². The Kier molecular flexibility index (Phi) is 6.26. The van der Waals surface area contributed by atoms with Gasteiger partial charge in [-0.15, -0.1) is 0 Å². The molecule has 0 radical (unpaired) electrons. The summed E-state index contributed by atoms with van der Waals surface area (Å²) in [7, 11) is 1.62. The summed E-state index contributed by atoms with van der Waals surface area (Å²) in [6.07, 6.45) is 1.43. The van der Waals surface area contributed by atoms with Crippen molar-refractivity contribution in [1.29, 1.82) is 0 Å². The molecular formula is C22H20FN3O4. The van der Waals surface area contributed by atoms with E-state index in [9.17, 15) is 4.39 Å². The topological polar surface area (TPSA) is 107 Å². The van der Waals surface area contributed by atoms with Gasteiger partial charge in [0.05, 0.1) is 7.11 Å². The Labute approximate surface area is 172 Å². The minimum Gasteiger partial charge on any atom is -0.497 e. The fourth-order valence-electron chi connectivity index (χ4n) is 3.31. The van der Waals surface area contributed by atoms with Crippen molar-refractivity contribution in [1.82, 2.24) is 4.98 Å². The molecule has 2 aromatic carbocycles. The lowest BCUT2D eigenvalue weighted by Gasteiger charge is -2.26. The van der Waals surface area contributed by atoms with E-state index in [-0.39, 0.29) is 19.1 Å². The van der Waals surface area contributed by atoms with Crippen LogP contribution in [0, 0.1) is 5.95 Å². The molecular weight excluding hydrogens is 389 g/mol. The third kappa shape index (κ3) is 4.07.